The third-order valence-electron chi connectivity index (χ3n) is 5.05. The second kappa shape index (κ2) is 7.67. The smallest absolute Gasteiger partial charge is 0.227 e. The molecule has 22 heavy (non-hydrogen) atoms. The van der Waals surface area contributed by atoms with Crippen molar-refractivity contribution in [1.29, 1.82) is 0 Å². The molecule has 0 aromatic carbocycles. The summed E-state index contributed by atoms with van der Waals surface area (Å²) < 4.78 is 0. The van der Waals surface area contributed by atoms with Crippen LogP contribution in [0.1, 0.15) is 58.8 Å². The molecule has 126 valence electrons. The lowest BCUT2D eigenvalue weighted by molar-refractivity contribution is -0.137. The van der Waals surface area contributed by atoms with Crippen LogP contribution in [0, 0.1) is 11.3 Å². The summed E-state index contributed by atoms with van der Waals surface area (Å²) in [7, 11) is 0. The number of rotatable bonds is 4. The van der Waals surface area contributed by atoms with Gasteiger partial charge in [-0.2, -0.15) is 0 Å². The average Bonchev–Trinajstić information content (AvgIpc) is 2.55. The minimum atomic E-state index is -0.531. The molecule has 5 heteroatoms. The fourth-order valence-corrected chi connectivity index (χ4v) is 3.41. The third kappa shape index (κ3) is 4.37. The van der Waals surface area contributed by atoms with Gasteiger partial charge in [0.1, 0.15) is 0 Å². The van der Waals surface area contributed by atoms with Crippen molar-refractivity contribution in [2.45, 2.75) is 64.8 Å². The van der Waals surface area contributed by atoms with Crippen LogP contribution in [-0.2, 0) is 9.59 Å². The summed E-state index contributed by atoms with van der Waals surface area (Å²) >= 11 is 5.84. The van der Waals surface area contributed by atoms with Gasteiger partial charge < -0.3 is 10.2 Å². The maximum Gasteiger partial charge on any atom is 0.227 e. The van der Waals surface area contributed by atoms with Gasteiger partial charge >= 0.3 is 0 Å². The van der Waals surface area contributed by atoms with Crippen LogP contribution < -0.4 is 5.32 Å². The predicted molar refractivity (Wildman–Crippen MR) is 88.8 cm³/mol. The van der Waals surface area contributed by atoms with Crippen LogP contribution in [0.5, 0.6) is 0 Å². The van der Waals surface area contributed by atoms with Gasteiger partial charge in [-0.25, -0.2) is 0 Å². The Bertz CT molecular complexity index is 397. The Labute approximate surface area is 139 Å². The first-order chi connectivity index (χ1) is 10.4. The minimum absolute atomic E-state index is 0.0135. The molecular weight excluding hydrogens is 300 g/mol. The first-order valence-corrected chi connectivity index (χ1v) is 9.13. The molecule has 1 heterocycles. The van der Waals surface area contributed by atoms with Crippen LogP contribution in [0.4, 0.5) is 0 Å². The Morgan fingerprint density at radius 1 is 1.09 bits per heavy atom. The predicted octanol–water partition coefficient (Wildman–Crippen LogP) is 2.94. The van der Waals surface area contributed by atoms with E-state index in [2.05, 4.69) is 5.32 Å². The second-order valence-electron chi connectivity index (χ2n) is 7.43. The van der Waals surface area contributed by atoms with E-state index >= 15 is 0 Å². The summed E-state index contributed by atoms with van der Waals surface area (Å²) in [6, 6.07) is 0.172. The van der Waals surface area contributed by atoms with Crippen LogP contribution in [-0.4, -0.2) is 41.7 Å². The molecule has 4 nitrogen and oxygen atoms in total. The molecule has 1 aliphatic carbocycles. The number of carbonyl (C=O) groups excluding carboxylic acids is 2. The van der Waals surface area contributed by atoms with Gasteiger partial charge in [-0.3, -0.25) is 9.59 Å². The molecule has 0 unspecified atom stereocenters. The number of hydrogen-bond donors (Lipinski definition) is 1. The molecular formula is C17H29ClN2O2. The van der Waals surface area contributed by atoms with E-state index < -0.39 is 5.41 Å². The fourth-order valence-electron chi connectivity index (χ4n) is 3.29. The van der Waals surface area contributed by atoms with E-state index in [1.165, 1.54) is 19.3 Å². The van der Waals surface area contributed by atoms with Crippen molar-refractivity contribution < 1.29 is 9.59 Å². The highest BCUT2D eigenvalue weighted by atomic mass is 35.5. The summed E-state index contributed by atoms with van der Waals surface area (Å²) in [5, 5.41) is 3.09. The van der Waals surface area contributed by atoms with Crippen LogP contribution >= 0.6 is 11.6 Å². The fraction of sp³-hybridized carbons (Fsp3) is 0.882. The number of nitrogens with one attached hydrogen (secondary N) is 1. The van der Waals surface area contributed by atoms with Crippen molar-refractivity contribution in [3.8, 4) is 0 Å². The Kier molecular flexibility index (Phi) is 6.13. The van der Waals surface area contributed by atoms with E-state index in [4.69, 9.17) is 11.6 Å². The van der Waals surface area contributed by atoms with Gasteiger partial charge in [0.15, 0.2) is 0 Å². The van der Waals surface area contributed by atoms with E-state index in [1.54, 1.807) is 0 Å². The number of nitrogens with zero attached hydrogens (tertiary/aromatic N) is 1. The Hall–Kier alpha value is -0.770. The number of carbonyl (C=O) groups is 2. The minimum Gasteiger partial charge on any atom is -0.353 e. The Balaban J connectivity index is 1.78. The number of likely N-dealkylation sites (tertiary alicyclic amines) is 1. The van der Waals surface area contributed by atoms with Crippen molar-refractivity contribution >= 4 is 23.4 Å². The highest BCUT2D eigenvalue weighted by Gasteiger charge is 2.32. The quantitative estimate of drug-likeness (QED) is 0.807. The number of hydrogen-bond acceptors (Lipinski definition) is 2. The van der Waals surface area contributed by atoms with Gasteiger partial charge in [0.2, 0.25) is 11.8 Å². The van der Waals surface area contributed by atoms with Crippen LogP contribution in [0.3, 0.4) is 0 Å². The molecule has 1 saturated carbocycles. The topological polar surface area (TPSA) is 49.4 Å². The summed E-state index contributed by atoms with van der Waals surface area (Å²) in [6.07, 6.45) is 7.46. The van der Waals surface area contributed by atoms with E-state index in [1.807, 2.05) is 18.7 Å². The van der Waals surface area contributed by atoms with Crippen LogP contribution in [0.15, 0.2) is 0 Å². The molecule has 2 rings (SSSR count). The summed E-state index contributed by atoms with van der Waals surface area (Å²) in [4.78, 5) is 26.7. The zero-order valence-corrected chi connectivity index (χ0v) is 14.6. The van der Waals surface area contributed by atoms with Crippen molar-refractivity contribution in [2.24, 2.45) is 11.3 Å². The zero-order chi connectivity index (χ0) is 16.2. The van der Waals surface area contributed by atoms with Gasteiger partial charge in [-0.15, -0.1) is 11.6 Å². The molecule has 2 aliphatic rings. The lowest BCUT2D eigenvalue weighted by atomic mass is 9.87. The SMILES string of the molecule is CC(C)(CCl)C(=O)NC1CCN(C(=O)C2CCCCC2)CC1. The molecule has 1 saturated heterocycles. The lowest BCUT2D eigenvalue weighted by Crippen LogP contribution is -2.50. The number of piperidine rings is 1. The first-order valence-electron chi connectivity index (χ1n) is 8.60. The summed E-state index contributed by atoms with van der Waals surface area (Å²) in [6.45, 7) is 5.25. The van der Waals surface area contributed by atoms with Gasteiger partial charge in [0, 0.05) is 30.9 Å². The Morgan fingerprint density at radius 2 is 1.68 bits per heavy atom. The van der Waals surface area contributed by atoms with Crippen molar-refractivity contribution in [3.05, 3.63) is 0 Å². The molecule has 2 amide bonds. The summed E-state index contributed by atoms with van der Waals surface area (Å²) in [5.74, 6) is 0.915. The summed E-state index contributed by atoms with van der Waals surface area (Å²) in [5.41, 5.74) is -0.531. The van der Waals surface area contributed by atoms with Gasteiger partial charge in [0.25, 0.3) is 0 Å². The van der Waals surface area contributed by atoms with E-state index in [-0.39, 0.29) is 17.9 Å². The Morgan fingerprint density at radius 3 is 2.23 bits per heavy atom. The first kappa shape index (κ1) is 17.6. The monoisotopic (exact) mass is 328 g/mol. The second-order valence-corrected chi connectivity index (χ2v) is 7.69. The van der Waals surface area contributed by atoms with Crippen LogP contribution in [0.25, 0.3) is 0 Å². The molecule has 0 radical (unpaired) electrons. The molecule has 1 aliphatic heterocycles. The average molecular weight is 329 g/mol. The van der Waals surface area contributed by atoms with Gasteiger partial charge in [0.05, 0.1) is 5.41 Å². The molecule has 0 aromatic rings. The zero-order valence-electron chi connectivity index (χ0n) is 13.9. The number of halogens is 1. The molecule has 1 N–H and O–H groups in total. The standard InChI is InChI=1S/C17H29ClN2O2/c1-17(2,12-18)16(22)19-14-8-10-20(11-9-14)15(21)13-6-4-3-5-7-13/h13-14H,3-12H2,1-2H3,(H,19,22). The molecule has 0 atom stereocenters. The molecule has 0 aromatic heterocycles. The molecule has 2 fully saturated rings. The van der Waals surface area contributed by atoms with E-state index in [9.17, 15) is 9.59 Å². The maximum absolute atomic E-state index is 12.5. The lowest BCUT2D eigenvalue weighted by Gasteiger charge is -2.36. The van der Waals surface area contributed by atoms with Crippen molar-refractivity contribution in [2.75, 3.05) is 19.0 Å². The van der Waals surface area contributed by atoms with E-state index in [0.29, 0.717) is 11.8 Å². The largest absolute Gasteiger partial charge is 0.353 e. The molecule has 0 spiro atoms. The highest BCUT2D eigenvalue weighted by Crippen LogP contribution is 2.27. The normalized spacial score (nSPS) is 21.7. The van der Waals surface area contributed by atoms with Crippen molar-refractivity contribution in [3.63, 3.8) is 0 Å². The van der Waals surface area contributed by atoms with Gasteiger partial charge in [-0.05, 0) is 39.5 Å². The number of alkyl halides is 1. The van der Waals surface area contributed by atoms with Gasteiger partial charge in [-0.1, -0.05) is 19.3 Å². The van der Waals surface area contributed by atoms with Crippen molar-refractivity contribution in [1.82, 2.24) is 10.2 Å². The molecule has 0 bridgehead atoms. The number of amides is 2. The van der Waals surface area contributed by atoms with E-state index in [0.717, 1.165) is 38.8 Å². The third-order valence-corrected chi connectivity index (χ3v) is 5.71. The maximum atomic E-state index is 12.5. The van der Waals surface area contributed by atoms with Crippen LogP contribution in [0.2, 0.25) is 0 Å². The highest BCUT2D eigenvalue weighted by molar-refractivity contribution is 6.19.